The van der Waals surface area contributed by atoms with Crippen LogP contribution in [0.2, 0.25) is 0 Å². The van der Waals surface area contributed by atoms with E-state index in [9.17, 15) is 14.9 Å². The predicted octanol–water partition coefficient (Wildman–Crippen LogP) is 3.77. The van der Waals surface area contributed by atoms with Gasteiger partial charge in [0.2, 0.25) is 0 Å². The van der Waals surface area contributed by atoms with Crippen molar-refractivity contribution in [2.24, 2.45) is 0 Å². The number of nitro benzene ring substituents is 1. The van der Waals surface area contributed by atoms with Crippen LogP contribution in [0.15, 0.2) is 85.2 Å². The van der Waals surface area contributed by atoms with Gasteiger partial charge in [-0.1, -0.05) is 30.3 Å². The summed E-state index contributed by atoms with van der Waals surface area (Å²) in [6, 6.07) is 20.8. The Kier molecular flexibility index (Phi) is 5.29. The summed E-state index contributed by atoms with van der Waals surface area (Å²) in [6.45, 7) is 0.341. The molecule has 2 heterocycles. The summed E-state index contributed by atoms with van der Waals surface area (Å²) in [5.74, 6) is -0.306. The molecule has 1 amide bonds. The maximum Gasteiger partial charge on any atom is 0.270 e. The number of benzene rings is 2. The minimum Gasteiger partial charge on any atom is -0.347 e. The summed E-state index contributed by atoms with van der Waals surface area (Å²) in [5, 5.41) is 18.4. The number of rotatable bonds is 6. The second-order valence-electron chi connectivity index (χ2n) is 6.50. The van der Waals surface area contributed by atoms with Crippen molar-refractivity contribution in [2.45, 2.75) is 6.54 Å². The first-order chi connectivity index (χ1) is 14.6. The van der Waals surface area contributed by atoms with Gasteiger partial charge in [-0.05, 0) is 35.9 Å². The van der Waals surface area contributed by atoms with Gasteiger partial charge in [-0.2, -0.15) is 5.10 Å². The number of nitrogens with one attached hydrogen (secondary N) is 1. The van der Waals surface area contributed by atoms with E-state index in [1.165, 1.54) is 16.8 Å². The molecule has 0 aliphatic rings. The molecule has 0 atom stereocenters. The van der Waals surface area contributed by atoms with Crippen LogP contribution in [0.4, 0.5) is 5.69 Å². The van der Waals surface area contributed by atoms with Gasteiger partial charge in [-0.25, -0.2) is 4.68 Å². The molecule has 0 radical (unpaired) electrons. The highest BCUT2D eigenvalue weighted by molar-refractivity contribution is 5.94. The summed E-state index contributed by atoms with van der Waals surface area (Å²) in [5.41, 5.74) is 3.26. The van der Waals surface area contributed by atoms with Gasteiger partial charge in [-0.15, -0.1) is 0 Å². The zero-order chi connectivity index (χ0) is 20.9. The molecule has 2 aromatic heterocycles. The van der Waals surface area contributed by atoms with Crippen molar-refractivity contribution in [1.82, 2.24) is 20.1 Å². The number of pyridine rings is 1. The number of nitro groups is 1. The van der Waals surface area contributed by atoms with Gasteiger partial charge in [0.05, 0.1) is 16.3 Å². The summed E-state index contributed by atoms with van der Waals surface area (Å²) < 4.78 is 1.49. The van der Waals surface area contributed by atoms with E-state index in [1.54, 1.807) is 30.6 Å². The number of hydrogen-bond donors (Lipinski definition) is 1. The fourth-order valence-electron chi connectivity index (χ4n) is 2.98. The highest BCUT2D eigenvalue weighted by atomic mass is 16.6. The van der Waals surface area contributed by atoms with Crippen molar-refractivity contribution < 1.29 is 9.72 Å². The van der Waals surface area contributed by atoms with Gasteiger partial charge in [0.1, 0.15) is 5.69 Å². The summed E-state index contributed by atoms with van der Waals surface area (Å²) in [7, 11) is 0. The van der Waals surface area contributed by atoms with Crippen molar-refractivity contribution in [3.63, 3.8) is 0 Å². The third kappa shape index (κ3) is 4.07. The molecule has 0 saturated heterocycles. The lowest BCUT2D eigenvalue weighted by molar-refractivity contribution is -0.384. The molecule has 1 N–H and O–H groups in total. The Morgan fingerprint density at radius 2 is 1.70 bits per heavy atom. The van der Waals surface area contributed by atoms with E-state index >= 15 is 0 Å². The minimum absolute atomic E-state index is 0.0297. The zero-order valence-corrected chi connectivity index (χ0v) is 15.8. The number of aromatic nitrogens is 3. The largest absolute Gasteiger partial charge is 0.347 e. The van der Waals surface area contributed by atoms with Crippen LogP contribution in [-0.2, 0) is 6.54 Å². The Bertz CT molecular complexity index is 1170. The topological polar surface area (TPSA) is 103 Å². The van der Waals surface area contributed by atoms with Gasteiger partial charge in [0.25, 0.3) is 11.6 Å². The van der Waals surface area contributed by atoms with Gasteiger partial charge in [0, 0.05) is 36.6 Å². The lowest BCUT2D eigenvalue weighted by Crippen LogP contribution is -2.25. The Labute approximate surface area is 172 Å². The number of non-ortho nitro benzene ring substituents is 1. The van der Waals surface area contributed by atoms with Crippen LogP contribution in [0.25, 0.3) is 16.9 Å². The van der Waals surface area contributed by atoms with Gasteiger partial charge in [0.15, 0.2) is 0 Å². The van der Waals surface area contributed by atoms with E-state index in [0.717, 1.165) is 11.1 Å². The molecular formula is C22H17N5O3. The Morgan fingerprint density at radius 1 is 1.00 bits per heavy atom. The first-order valence-corrected chi connectivity index (χ1v) is 9.19. The Balaban J connectivity index is 1.69. The molecule has 0 fully saturated rings. The lowest BCUT2D eigenvalue weighted by Gasteiger charge is -2.08. The van der Waals surface area contributed by atoms with Crippen molar-refractivity contribution >= 4 is 11.6 Å². The van der Waals surface area contributed by atoms with E-state index in [1.807, 2.05) is 42.5 Å². The van der Waals surface area contributed by atoms with Crippen LogP contribution < -0.4 is 5.32 Å². The SMILES string of the molecule is O=C(NCc1ccncc1)c1cc(-c2ccccc2)nn1-c1ccc([N+](=O)[O-])cc1. The number of hydrogen-bond acceptors (Lipinski definition) is 5. The molecule has 0 spiro atoms. The number of nitrogens with zero attached hydrogens (tertiary/aromatic N) is 4. The van der Waals surface area contributed by atoms with E-state index in [4.69, 9.17) is 0 Å². The standard InChI is InChI=1S/C22H17N5O3/c28-22(24-15-16-10-12-23-13-11-16)21-14-20(17-4-2-1-3-5-17)25-26(21)18-6-8-19(9-7-18)27(29)30/h1-14H,15H2,(H,24,28). The second-order valence-corrected chi connectivity index (χ2v) is 6.50. The Morgan fingerprint density at radius 3 is 2.37 bits per heavy atom. The zero-order valence-electron chi connectivity index (χ0n) is 15.8. The highest BCUT2D eigenvalue weighted by Gasteiger charge is 2.18. The number of carbonyl (C=O) groups is 1. The van der Waals surface area contributed by atoms with Crippen LogP contribution >= 0.6 is 0 Å². The van der Waals surface area contributed by atoms with Crippen LogP contribution in [0.3, 0.4) is 0 Å². The summed E-state index contributed by atoms with van der Waals surface area (Å²) >= 11 is 0. The number of amides is 1. The van der Waals surface area contributed by atoms with E-state index in [0.29, 0.717) is 23.6 Å². The molecule has 8 heteroatoms. The average Bonchev–Trinajstić information content (AvgIpc) is 3.24. The molecule has 4 rings (SSSR count). The van der Waals surface area contributed by atoms with Gasteiger partial charge in [-0.3, -0.25) is 19.9 Å². The molecule has 4 aromatic rings. The monoisotopic (exact) mass is 399 g/mol. The van der Waals surface area contributed by atoms with Gasteiger partial charge < -0.3 is 5.32 Å². The van der Waals surface area contributed by atoms with Crippen molar-refractivity contribution in [2.75, 3.05) is 0 Å². The summed E-state index contributed by atoms with van der Waals surface area (Å²) in [6.07, 6.45) is 3.33. The van der Waals surface area contributed by atoms with Crippen LogP contribution in [0.5, 0.6) is 0 Å². The van der Waals surface area contributed by atoms with Crippen molar-refractivity contribution in [3.05, 3.63) is 107 Å². The summed E-state index contributed by atoms with van der Waals surface area (Å²) in [4.78, 5) is 27.4. The van der Waals surface area contributed by atoms with Gasteiger partial charge >= 0.3 is 0 Å². The third-order valence-corrected chi connectivity index (χ3v) is 4.52. The molecule has 0 unspecified atom stereocenters. The van der Waals surface area contributed by atoms with E-state index in [2.05, 4.69) is 15.4 Å². The van der Waals surface area contributed by atoms with Crippen molar-refractivity contribution in [3.8, 4) is 16.9 Å². The fourth-order valence-corrected chi connectivity index (χ4v) is 2.98. The second kappa shape index (κ2) is 8.36. The minimum atomic E-state index is -0.468. The van der Waals surface area contributed by atoms with Crippen LogP contribution in [0, 0.1) is 10.1 Å². The normalized spacial score (nSPS) is 10.5. The maximum atomic E-state index is 12.9. The molecule has 0 aliphatic carbocycles. The van der Waals surface area contributed by atoms with E-state index in [-0.39, 0.29) is 11.6 Å². The molecular weight excluding hydrogens is 382 g/mol. The maximum absolute atomic E-state index is 12.9. The molecule has 0 aliphatic heterocycles. The first kappa shape index (κ1) is 19.0. The quantitative estimate of drug-likeness (QED) is 0.393. The molecule has 0 saturated carbocycles. The van der Waals surface area contributed by atoms with E-state index < -0.39 is 4.92 Å². The van der Waals surface area contributed by atoms with Crippen LogP contribution in [-0.4, -0.2) is 25.6 Å². The highest BCUT2D eigenvalue weighted by Crippen LogP contribution is 2.23. The first-order valence-electron chi connectivity index (χ1n) is 9.19. The van der Waals surface area contributed by atoms with Crippen LogP contribution in [0.1, 0.15) is 16.1 Å². The molecule has 0 bridgehead atoms. The predicted molar refractivity (Wildman–Crippen MR) is 111 cm³/mol. The van der Waals surface area contributed by atoms with Crippen molar-refractivity contribution in [1.29, 1.82) is 0 Å². The molecule has 8 nitrogen and oxygen atoms in total. The molecule has 2 aromatic carbocycles. The molecule has 30 heavy (non-hydrogen) atoms. The average molecular weight is 399 g/mol. The molecule has 148 valence electrons. The number of carbonyl (C=O) groups excluding carboxylic acids is 1. The lowest BCUT2D eigenvalue weighted by atomic mass is 10.1. The third-order valence-electron chi connectivity index (χ3n) is 4.52. The fraction of sp³-hybridized carbons (Fsp3) is 0.0455. The smallest absolute Gasteiger partial charge is 0.270 e. The Hall–Kier alpha value is -4.33.